The van der Waals surface area contributed by atoms with Crippen molar-refractivity contribution in [3.63, 3.8) is 0 Å². The van der Waals surface area contributed by atoms with Gasteiger partial charge in [-0.15, -0.1) is 0 Å². The van der Waals surface area contributed by atoms with Gasteiger partial charge in [0.2, 0.25) is 5.91 Å². The van der Waals surface area contributed by atoms with E-state index in [4.69, 9.17) is 4.74 Å². The molecule has 7 nitrogen and oxygen atoms in total. The van der Waals surface area contributed by atoms with E-state index in [2.05, 4.69) is 5.10 Å². The summed E-state index contributed by atoms with van der Waals surface area (Å²) in [5.41, 5.74) is 0.580. The number of carbonyl (C=O) groups excluding carboxylic acids is 2. The first-order valence-electron chi connectivity index (χ1n) is 6.71. The van der Waals surface area contributed by atoms with Gasteiger partial charge in [0.25, 0.3) is 5.91 Å². The smallest absolute Gasteiger partial charge is 0.257 e. The van der Waals surface area contributed by atoms with Crippen LogP contribution in [0.5, 0.6) is 0 Å². The van der Waals surface area contributed by atoms with Gasteiger partial charge in [-0.3, -0.25) is 14.3 Å². The summed E-state index contributed by atoms with van der Waals surface area (Å²) >= 11 is 0. The summed E-state index contributed by atoms with van der Waals surface area (Å²) in [6, 6.07) is -0.0504. The number of nitrogens with zero attached hydrogens (tertiary/aromatic N) is 4. The maximum atomic E-state index is 12.4. The number of aryl methyl sites for hydroxylation is 1. The summed E-state index contributed by atoms with van der Waals surface area (Å²) in [5.74, 6) is -0.0649. The summed E-state index contributed by atoms with van der Waals surface area (Å²) in [4.78, 5) is 27.6. The molecule has 0 saturated carbocycles. The number of rotatable bonds is 1. The SMILES string of the molecule is CN1C(=O)CO[C@H]2CCN(C(=O)c3cnn(C)c3)C[C@@H]21. The topological polar surface area (TPSA) is 67.7 Å². The molecule has 0 unspecified atom stereocenters. The zero-order valence-corrected chi connectivity index (χ0v) is 11.7. The van der Waals surface area contributed by atoms with Crippen LogP contribution in [0.15, 0.2) is 12.4 Å². The number of hydrogen-bond acceptors (Lipinski definition) is 4. The lowest BCUT2D eigenvalue weighted by atomic mass is 9.98. The molecule has 2 saturated heterocycles. The molecule has 1 aromatic heterocycles. The molecule has 1 aromatic rings. The quantitative estimate of drug-likeness (QED) is 0.694. The summed E-state index contributed by atoms with van der Waals surface area (Å²) in [5, 5.41) is 4.02. The first-order valence-corrected chi connectivity index (χ1v) is 6.71. The number of fused-ring (bicyclic) bond motifs is 1. The van der Waals surface area contributed by atoms with E-state index in [9.17, 15) is 9.59 Å². The van der Waals surface area contributed by atoms with E-state index in [0.29, 0.717) is 18.7 Å². The van der Waals surface area contributed by atoms with Gasteiger partial charge < -0.3 is 14.5 Å². The molecule has 0 spiro atoms. The summed E-state index contributed by atoms with van der Waals surface area (Å²) in [6.07, 6.45) is 4.07. The lowest BCUT2D eigenvalue weighted by Crippen LogP contribution is -2.61. The molecular weight excluding hydrogens is 260 g/mol. The van der Waals surface area contributed by atoms with E-state index in [1.807, 2.05) is 0 Å². The van der Waals surface area contributed by atoms with E-state index in [0.717, 1.165) is 6.42 Å². The first kappa shape index (κ1) is 13.1. The van der Waals surface area contributed by atoms with Crippen molar-refractivity contribution in [1.82, 2.24) is 19.6 Å². The van der Waals surface area contributed by atoms with Crippen LogP contribution in [0, 0.1) is 0 Å². The molecule has 7 heteroatoms. The second kappa shape index (κ2) is 4.90. The molecule has 2 fully saturated rings. The van der Waals surface area contributed by atoms with E-state index in [-0.39, 0.29) is 30.6 Å². The molecule has 2 atom stereocenters. The Morgan fingerprint density at radius 2 is 2.25 bits per heavy atom. The van der Waals surface area contributed by atoms with Gasteiger partial charge in [0, 0.05) is 33.4 Å². The Hall–Kier alpha value is -1.89. The number of carbonyl (C=O) groups is 2. The largest absolute Gasteiger partial charge is 0.366 e. The average Bonchev–Trinajstić information content (AvgIpc) is 2.88. The molecule has 108 valence electrons. The van der Waals surface area contributed by atoms with Gasteiger partial charge in [0.15, 0.2) is 0 Å². The maximum Gasteiger partial charge on any atom is 0.257 e. The van der Waals surface area contributed by atoms with Crippen molar-refractivity contribution in [3.05, 3.63) is 18.0 Å². The van der Waals surface area contributed by atoms with E-state index in [1.54, 1.807) is 41.0 Å². The van der Waals surface area contributed by atoms with Crippen LogP contribution in [0.1, 0.15) is 16.8 Å². The van der Waals surface area contributed by atoms with Gasteiger partial charge in [0.1, 0.15) is 6.61 Å². The number of aromatic nitrogens is 2. The van der Waals surface area contributed by atoms with Gasteiger partial charge in [-0.25, -0.2) is 0 Å². The van der Waals surface area contributed by atoms with Gasteiger partial charge in [-0.2, -0.15) is 5.10 Å². The van der Waals surface area contributed by atoms with E-state index < -0.39 is 0 Å². The third-order valence-electron chi connectivity index (χ3n) is 4.07. The number of hydrogen-bond donors (Lipinski definition) is 0. The molecule has 2 amide bonds. The van der Waals surface area contributed by atoms with Gasteiger partial charge in [0.05, 0.1) is 23.9 Å². The predicted octanol–water partition coefficient (Wildman–Crippen LogP) is -0.508. The molecule has 0 N–H and O–H groups in total. The van der Waals surface area contributed by atoms with E-state index in [1.165, 1.54) is 0 Å². The second-order valence-corrected chi connectivity index (χ2v) is 5.36. The molecular formula is C13H18N4O3. The van der Waals surface area contributed by atoms with Crippen molar-refractivity contribution in [2.75, 3.05) is 26.7 Å². The van der Waals surface area contributed by atoms with Crippen LogP contribution in [-0.4, -0.2) is 70.3 Å². The molecule has 0 radical (unpaired) electrons. The number of piperidine rings is 1. The highest BCUT2D eigenvalue weighted by molar-refractivity contribution is 5.94. The van der Waals surface area contributed by atoms with Crippen molar-refractivity contribution in [2.45, 2.75) is 18.6 Å². The van der Waals surface area contributed by atoms with Crippen LogP contribution >= 0.6 is 0 Å². The molecule has 2 aliphatic rings. The van der Waals surface area contributed by atoms with Crippen molar-refractivity contribution < 1.29 is 14.3 Å². The van der Waals surface area contributed by atoms with Crippen molar-refractivity contribution in [1.29, 1.82) is 0 Å². The Morgan fingerprint density at radius 1 is 1.45 bits per heavy atom. The normalized spacial score (nSPS) is 26.6. The lowest BCUT2D eigenvalue weighted by molar-refractivity contribution is -0.159. The molecule has 20 heavy (non-hydrogen) atoms. The third kappa shape index (κ3) is 2.18. The molecule has 0 aliphatic carbocycles. The molecule has 0 aromatic carbocycles. The van der Waals surface area contributed by atoms with Crippen molar-refractivity contribution in [3.8, 4) is 0 Å². The molecule has 2 aliphatic heterocycles. The minimum Gasteiger partial charge on any atom is -0.366 e. The molecule has 3 heterocycles. The fourth-order valence-corrected chi connectivity index (χ4v) is 2.84. The van der Waals surface area contributed by atoms with Crippen molar-refractivity contribution >= 4 is 11.8 Å². The minimum absolute atomic E-state index is 0.0260. The number of amides is 2. The zero-order valence-electron chi connectivity index (χ0n) is 11.7. The monoisotopic (exact) mass is 278 g/mol. The fraction of sp³-hybridized carbons (Fsp3) is 0.615. The van der Waals surface area contributed by atoms with Gasteiger partial charge in [-0.1, -0.05) is 0 Å². The van der Waals surface area contributed by atoms with Crippen LogP contribution in [0.4, 0.5) is 0 Å². The van der Waals surface area contributed by atoms with Crippen molar-refractivity contribution in [2.24, 2.45) is 7.05 Å². The Balaban J connectivity index is 1.74. The van der Waals surface area contributed by atoms with E-state index >= 15 is 0 Å². The summed E-state index contributed by atoms with van der Waals surface area (Å²) < 4.78 is 7.17. The maximum absolute atomic E-state index is 12.4. The second-order valence-electron chi connectivity index (χ2n) is 5.36. The fourth-order valence-electron chi connectivity index (χ4n) is 2.84. The van der Waals surface area contributed by atoms with Crippen LogP contribution in [0.2, 0.25) is 0 Å². The third-order valence-corrected chi connectivity index (χ3v) is 4.07. The highest BCUT2D eigenvalue weighted by atomic mass is 16.5. The van der Waals surface area contributed by atoms with Gasteiger partial charge >= 0.3 is 0 Å². The Labute approximate surface area is 117 Å². The average molecular weight is 278 g/mol. The van der Waals surface area contributed by atoms with Crippen LogP contribution in [0.3, 0.4) is 0 Å². The van der Waals surface area contributed by atoms with Crippen LogP contribution < -0.4 is 0 Å². The first-order chi connectivity index (χ1) is 9.56. The lowest BCUT2D eigenvalue weighted by Gasteiger charge is -2.45. The number of morpholine rings is 1. The van der Waals surface area contributed by atoms with Crippen LogP contribution in [0.25, 0.3) is 0 Å². The predicted molar refractivity (Wildman–Crippen MR) is 70.0 cm³/mol. The Kier molecular flexibility index (Phi) is 3.21. The highest BCUT2D eigenvalue weighted by Gasteiger charge is 2.40. The highest BCUT2D eigenvalue weighted by Crippen LogP contribution is 2.23. The molecule has 0 bridgehead atoms. The molecule has 3 rings (SSSR count). The number of ether oxygens (including phenoxy) is 1. The zero-order chi connectivity index (χ0) is 14.3. The standard InChI is InChI=1S/C13H18N4O3/c1-15-6-9(5-14-15)13(19)17-4-3-11-10(7-17)16(2)12(18)8-20-11/h5-6,10-11H,3-4,7-8H2,1-2H3/t10-,11-/m0/s1. The van der Waals surface area contributed by atoms with Gasteiger partial charge in [-0.05, 0) is 6.42 Å². The van der Waals surface area contributed by atoms with Crippen LogP contribution in [-0.2, 0) is 16.6 Å². The summed E-state index contributed by atoms with van der Waals surface area (Å²) in [7, 11) is 3.56. The number of likely N-dealkylation sites (tertiary alicyclic amines) is 1. The Bertz CT molecular complexity index is 541. The minimum atomic E-state index is -0.0504. The Morgan fingerprint density at radius 3 is 2.95 bits per heavy atom. The summed E-state index contributed by atoms with van der Waals surface area (Å²) in [6.45, 7) is 1.31. The number of likely N-dealkylation sites (N-methyl/N-ethyl adjacent to an activating group) is 1.